The van der Waals surface area contributed by atoms with Gasteiger partial charge in [-0.15, -0.1) is 12.4 Å². The largest absolute Gasteiger partial charge is 0.311 e. The molecule has 1 aromatic carbocycles. The zero-order chi connectivity index (χ0) is 14.9. The molecule has 0 spiro atoms. The van der Waals surface area contributed by atoms with Crippen LogP contribution in [-0.4, -0.2) is 45.1 Å². The third-order valence-corrected chi connectivity index (χ3v) is 5.01. The molecule has 23 heavy (non-hydrogen) atoms. The fourth-order valence-corrected chi connectivity index (χ4v) is 3.82. The Morgan fingerprint density at radius 2 is 1.87 bits per heavy atom. The molecule has 2 bridgehead atoms. The maximum absolute atomic E-state index is 4.62. The van der Waals surface area contributed by atoms with Gasteiger partial charge in [-0.05, 0) is 44.9 Å². The minimum atomic E-state index is 0. The van der Waals surface area contributed by atoms with Crippen LogP contribution in [0.15, 0.2) is 36.5 Å². The van der Waals surface area contributed by atoms with Gasteiger partial charge in [0.2, 0.25) is 0 Å². The van der Waals surface area contributed by atoms with E-state index in [1.165, 1.54) is 25.7 Å². The van der Waals surface area contributed by atoms with Gasteiger partial charge in [-0.2, -0.15) is 15.0 Å². The second-order valence-corrected chi connectivity index (χ2v) is 6.64. The van der Waals surface area contributed by atoms with Crippen molar-refractivity contribution in [1.29, 1.82) is 0 Å². The lowest BCUT2D eigenvalue weighted by molar-refractivity contribution is 0.164. The van der Waals surface area contributed by atoms with E-state index in [1.807, 2.05) is 36.5 Å². The Labute approximate surface area is 143 Å². The van der Waals surface area contributed by atoms with Crippen molar-refractivity contribution in [2.75, 3.05) is 7.05 Å². The van der Waals surface area contributed by atoms with Crippen molar-refractivity contribution >= 4 is 12.4 Å². The van der Waals surface area contributed by atoms with Gasteiger partial charge < -0.3 is 5.32 Å². The molecule has 2 aliphatic rings. The van der Waals surface area contributed by atoms with Gasteiger partial charge in [0.15, 0.2) is 0 Å². The molecule has 5 nitrogen and oxygen atoms in total. The number of piperidine rings is 1. The minimum Gasteiger partial charge on any atom is -0.311 e. The van der Waals surface area contributed by atoms with Crippen LogP contribution in [0, 0.1) is 0 Å². The molecule has 2 fully saturated rings. The van der Waals surface area contributed by atoms with Crippen molar-refractivity contribution in [3.05, 3.63) is 42.2 Å². The Hall–Kier alpha value is -1.43. The molecule has 0 saturated carbocycles. The van der Waals surface area contributed by atoms with Crippen LogP contribution >= 0.6 is 12.4 Å². The number of rotatable bonds is 4. The lowest BCUT2D eigenvalue weighted by atomic mass is 9.98. The summed E-state index contributed by atoms with van der Waals surface area (Å²) >= 11 is 0. The second-order valence-electron chi connectivity index (χ2n) is 6.64. The first-order valence-corrected chi connectivity index (χ1v) is 8.21. The predicted octanol–water partition coefficient (Wildman–Crippen LogP) is 2.40. The minimum absolute atomic E-state index is 0. The monoisotopic (exact) mass is 333 g/mol. The highest BCUT2D eigenvalue weighted by Crippen LogP contribution is 2.29. The summed E-state index contributed by atoms with van der Waals surface area (Å²) in [7, 11) is 2.22. The SMILES string of the molecule is CN(Cc1cnn(-c2ccccc2)n1)C1CC2CCC(C1)N2.Cl. The lowest BCUT2D eigenvalue weighted by Crippen LogP contribution is -2.46. The maximum Gasteiger partial charge on any atom is 0.0971 e. The number of hydrogen-bond donors (Lipinski definition) is 1. The van der Waals surface area contributed by atoms with Crippen molar-refractivity contribution in [2.45, 2.75) is 50.4 Å². The van der Waals surface area contributed by atoms with E-state index in [0.29, 0.717) is 6.04 Å². The number of fused-ring (bicyclic) bond motifs is 2. The summed E-state index contributed by atoms with van der Waals surface area (Å²) in [5.41, 5.74) is 2.05. The highest BCUT2D eigenvalue weighted by Gasteiger charge is 2.35. The summed E-state index contributed by atoms with van der Waals surface area (Å²) in [6, 6.07) is 12.2. The summed E-state index contributed by atoms with van der Waals surface area (Å²) < 4.78 is 0. The van der Waals surface area contributed by atoms with Crippen molar-refractivity contribution in [2.24, 2.45) is 0 Å². The predicted molar refractivity (Wildman–Crippen MR) is 93.0 cm³/mol. The maximum atomic E-state index is 4.62. The molecule has 1 aromatic heterocycles. The van der Waals surface area contributed by atoms with Crippen LogP contribution < -0.4 is 5.32 Å². The molecule has 2 unspecified atom stereocenters. The topological polar surface area (TPSA) is 46.0 Å². The van der Waals surface area contributed by atoms with Gasteiger partial charge in [-0.1, -0.05) is 18.2 Å². The van der Waals surface area contributed by atoms with E-state index < -0.39 is 0 Å². The van der Waals surface area contributed by atoms with E-state index in [0.717, 1.165) is 30.0 Å². The Balaban J connectivity index is 0.00000156. The summed E-state index contributed by atoms with van der Waals surface area (Å²) in [6.07, 6.45) is 7.11. The van der Waals surface area contributed by atoms with Crippen LogP contribution in [0.4, 0.5) is 0 Å². The number of nitrogens with zero attached hydrogens (tertiary/aromatic N) is 4. The molecule has 4 rings (SSSR count). The fourth-order valence-electron chi connectivity index (χ4n) is 3.82. The van der Waals surface area contributed by atoms with Gasteiger partial charge in [-0.3, -0.25) is 4.90 Å². The van der Waals surface area contributed by atoms with Crippen LogP contribution in [0.2, 0.25) is 0 Å². The fraction of sp³-hybridized carbons (Fsp3) is 0.529. The normalized spacial score (nSPS) is 26.3. The molecule has 124 valence electrons. The Morgan fingerprint density at radius 1 is 1.17 bits per heavy atom. The van der Waals surface area contributed by atoms with Gasteiger partial charge in [0.25, 0.3) is 0 Å². The average Bonchev–Trinajstić information content (AvgIpc) is 3.14. The standard InChI is InChI=1S/C17H23N5.ClH/c1-21(17-9-13-7-8-14(10-17)19-13)12-15-11-18-22(20-15)16-5-3-2-4-6-16;/h2-6,11,13-14,17,19H,7-10,12H2,1H3;1H. The van der Waals surface area contributed by atoms with E-state index in [2.05, 4.69) is 27.5 Å². The van der Waals surface area contributed by atoms with Gasteiger partial charge in [0.1, 0.15) is 0 Å². The first kappa shape index (κ1) is 16.4. The van der Waals surface area contributed by atoms with E-state index in [4.69, 9.17) is 0 Å². The van der Waals surface area contributed by atoms with Crippen LogP contribution in [0.25, 0.3) is 5.69 Å². The molecule has 0 radical (unpaired) electrons. The summed E-state index contributed by atoms with van der Waals surface area (Å²) in [5.74, 6) is 0. The number of para-hydroxylation sites is 1. The molecule has 3 heterocycles. The third kappa shape index (κ3) is 3.57. The van der Waals surface area contributed by atoms with Crippen molar-refractivity contribution in [3.63, 3.8) is 0 Å². The molecular weight excluding hydrogens is 310 g/mol. The average molecular weight is 334 g/mol. The van der Waals surface area contributed by atoms with E-state index in [-0.39, 0.29) is 12.4 Å². The van der Waals surface area contributed by atoms with Crippen LogP contribution in [0.3, 0.4) is 0 Å². The van der Waals surface area contributed by atoms with Gasteiger partial charge in [0.05, 0.1) is 17.6 Å². The van der Waals surface area contributed by atoms with Gasteiger partial charge in [0, 0.05) is 24.7 Å². The molecule has 2 aliphatic heterocycles. The van der Waals surface area contributed by atoms with E-state index in [1.54, 1.807) is 4.80 Å². The first-order chi connectivity index (χ1) is 10.8. The lowest BCUT2D eigenvalue weighted by Gasteiger charge is -2.35. The number of halogens is 1. The molecule has 2 atom stereocenters. The van der Waals surface area contributed by atoms with Crippen LogP contribution in [0.5, 0.6) is 0 Å². The molecular formula is C17H24ClN5. The first-order valence-electron chi connectivity index (χ1n) is 8.21. The van der Waals surface area contributed by atoms with Crippen molar-refractivity contribution < 1.29 is 0 Å². The Bertz CT molecular complexity index is 617. The molecule has 2 saturated heterocycles. The van der Waals surface area contributed by atoms with E-state index in [9.17, 15) is 0 Å². The molecule has 1 N–H and O–H groups in total. The molecule has 0 aliphatic carbocycles. The second kappa shape index (κ2) is 6.99. The van der Waals surface area contributed by atoms with Crippen molar-refractivity contribution in [1.82, 2.24) is 25.2 Å². The Morgan fingerprint density at radius 3 is 2.57 bits per heavy atom. The summed E-state index contributed by atoms with van der Waals surface area (Å²) in [5, 5.41) is 12.7. The Kier molecular flexibility index (Phi) is 4.99. The highest BCUT2D eigenvalue weighted by molar-refractivity contribution is 5.85. The van der Waals surface area contributed by atoms with Gasteiger partial charge in [-0.25, -0.2) is 0 Å². The van der Waals surface area contributed by atoms with Gasteiger partial charge >= 0.3 is 0 Å². The highest BCUT2D eigenvalue weighted by atomic mass is 35.5. The van der Waals surface area contributed by atoms with Crippen molar-refractivity contribution in [3.8, 4) is 5.69 Å². The van der Waals surface area contributed by atoms with E-state index >= 15 is 0 Å². The zero-order valence-corrected chi connectivity index (χ0v) is 14.2. The molecule has 2 aromatic rings. The summed E-state index contributed by atoms with van der Waals surface area (Å²) in [6.45, 7) is 0.872. The van der Waals surface area contributed by atoms with Crippen LogP contribution in [0.1, 0.15) is 31.4 Å². The number of nitrogens with one attached hydrogen (secondary N) is 1. The number of hydrogen-bond acceptors (Lipinski definition) is 4. The molecule has 0 amide bonds. The summed E-state index contributed by atoms with van der Waals surface area (Å²) in [4.78, 5) is 4.17. The quantitative estimate of drug-likeness (QED) is 0.933. The molecule has 6 heteroatoms. The zero-order valence-electron chi connectivity index (χ0n) is 13.4. The third-order valence-electron chi connectivity index (χ3n) is 5.01. The smallest absolute Gasteiger partial charge is 0.0971 e. The number of benzene rings is 1. The van der Waals surface area contributed by atoms with Crippen LogP contribution in [-0.2, 0) is 6.54 Å². The number of aromatic nitrogens is 3.